The number of hydrogen-bond donors (Lipinski definition) is 1. The van der Waals surface area contributed by atoms with Crippen LogP contribution in [0.15, 0.2) is 24.4 Å². The molecule has 13 heteroatoms. The summed E-state index contributed by atoms with van der Waals surface area (Å²) in [5.41, 5.74) is -0.326. The van der Waals surface area contributed by atoms with Gasteiger partial charge in [0.2, 0.25) is 5.91 Å². The molecule has 0 bridgehead atoms. The van der Waals surface area contributed by atoms with Gasteiger partial charge in [0.1, 0.15) is 5.02 Å². The molecule has 3 rings (SSSR count). The van der Waals surface area contributed by atoms with Gasteiger partial charge in [-0.15, -0.1) is 0 Å². The van der Waals surface area contributed by atoms with E-state index in [1.807, 2.05) is 0 Å². The van der Waals surface area contributed by atoms with Crippen LogP contribution in [0, 0.1) is 6.92 Å². The van der Waals surface area contributed by atoms with Crippen molar-refractivity contribution in [1.82, 2.24) is 19.6 Å². The molecule has 0 saturated heterocycles. The second-order valence-corrected chi connectivity index (χ2v) is 8.15. The number of nitrogens with one attached hydrogen (secondary N) is 1. The third-order valence-corrected chi connectivity index (χ3v) is 5.59. The maximum absolute atomic E-state index is 12.9. The van der Waals surface area contributed by atoms with E-state index in [0.29, 0.717) is 10.0 Å². The Morgan fingerprint density at radius 1 is 1.13 bits per heavy atom. The lowest BCUT2D eigenvalue weighted by Gasteiger charge is -2.06. The summed E-state index contributed by atoms with van der Waals surface area (Å²) in [6, 6.07) is 5.02. The monoisotopic (exact) mass is 513 g/mol. The van der Waals surface area contributed by atoms with Crippen molar-refractivity contribution in [2.24, 2.45) is 0 Å². The lowest BCUT2D eigenvalue weighted by atomic mass is 10.2. The summed E-state index contributed by atoms with van der Waals surface area (Å²) in [5, 5.41) is 10.8. The van der Waals surface area contributed by atoms with Crippen LogP contribution in [0.2, 0.25) is 20.1 Å². The number of aromatic nitrogens is 4. The summed E-state index contributed by atoms with van der Waals surface area (Å²) in [6.45, 7) is 1.58. The van der Waals surface area contributed by atoms with Gasteiger partial charge in [-0.1, -0.05) is 52.5 Å². The second kappa shape index (κ2) is 9.28. The molecule has 0 aliphatic carbocycles. The number of halogens is 7. The number of anilines is 1. The van der Waals surface area contributed by atoms with Gasteiger partial charge in [0.05, 0.1) is 23.8 Å². The SMILES string of the molecule is Cc1c(Cl)c(C(F)(F)F)nn1CCC(=O)Nc1nn(Cc2ccc(Cl)cc2Cl)cc1Cl. The van der Waals surface area contributed by atoms with Gasteiger partial charge in [0.25, 0.3) is 0 Å². The Kier molecular flexibility index (Phi) is 7.10. The van der Waals surface area contributed by atoms with Crippen molar-refractivity contribution in [3.63, 3.8) is 0 Å². The molecule has 31 heavy (non-hydrogen) atoms. The molecule has 0 aliphatic heterocycles. The van der Waals surface area contributed by atoms with Crippen LogP contribution in [0.25, 0.3) is 0 Å². The standard InChI is InChI=1S/C18H14Cl4F3N5O/c1-9-15(22)16(18(23,24)25)27-30(9)5-4-14(31)26-17-13(21)8-29(28-17)7-10-2-3-11(19)6-12(10)20/h2-3,6,8H,4-5,7H2,1H3,(H,26,28,31). The Morgan fingerprint density at radius 2 is 1.84 bits per heavy atom. The summed E-state index contributed by atoms with van der Waals surface area (Å²) >= 11 is 23.9. The molecule has 2 aromatic heterocycles. The third kappa shape index (κ3) is 5.65. The number of hydrogen-bond acceptors (Lipinski definition) is 3. The predicted octanol–water partition coefficient (Wildman–Crippen LogP) is 6.10. The zero-order valence-electron chi connectivity index (χ0n) is 15.8. The van der Waals surface area contributed by atoms with E-state index in [4.69, 9.17) is 46.4 Å². The fourth-order valence-corrected chi connectivity index (χ4v) is 3.62. The van der Waals surface area contributed by atoms with E-state index in [1.54, 1.807) is 18.2 Å². The summed E-state index contributed by atoms with van der Waals surface area (Å²) in [7, 11) is 0. The highest BCUT2D eigenvalue weighted by molar-refractivity contribution is 6.35. The van der Waals surface area contributed by atoms with Crippen LogP contribution in [-0.4, -0.2) is 25.5 Å². The molecular formula is C18H14Cl4F3N5O. The van der Waals surface area contributed by atoms with Crippen molar-refractivity contribution in [3.8, 4) is 0 Å². The van der Waals surface area contributed by atoms with E-state index in [9.17, 15) is 18.0 Å². The van der Waals surface area contributed by atoms with Crippen LogP contribution >= 0.6 is 46.4 Å². The molecule has 6 nitrogen and oxygen atoms in total. The molecule has 1 amide bonds. The molecular weight excluding hydrogens is 501 g/mol. The number of aryl methyl sites for hydroxylation is 1. The van der Waals surface area contributed by atoms with Crippen LogP contribution in [0.1, 0.15) is 23.4 Å². The topological polar surface area (TPSA) is 64.7 Å². The Labute approximate surface area is 194 Å². The smallest absolute Gasteiger partial charge is 0.308 e. The van der Waals surface area contributed by atoms with Gasteiger partial charge < -0.3 is 5.32 Å². The lowest BCUT2D eigenvalue weighted by Crippen LogP contribution is -2.17. The number of rotatable bonds is 6. The molecule has 0 saturated carbocycles. The number of carbonyl (C=O) groups is 1. The molecule has 3 aromatic rings. The minimum atomic E-state index is -4.68. The summed E-state index contributed by atoms with van der Waals surface area (Å²) in [5.74, 6) is -0.390. The van der Waals surface area contributed by atoms with E-state index in [-0.39, 0.29) is 36.0 Å². The molecule has 0 unspecified atom stereocenters. The normalized spacial score (nSPS) is 11.7. The van der Waals surface area contributed by atoms with Gasteiger partial charge in [0, 0.05) is 22.7 Å². The molecule has 1 N–H and O–H groups in total. The molecule has 0 atom stereocenters. The average molecular weight is 515 g/mol. The molecule has 0 aliphatic rings. The summed E-state index contributed by atoms with van der Waals surface area (Å²) < 4.78 is 41.2. The Hall–Kier alpha value is -1.94. The molecule has 0 spiro atoms. The van der Waals surface area contributed by atoms with Crippen molar-refractivity contribution in [3.05, 3.63) is 61.4 Å². The predicted molar refractivity (Wildman–Crippen MR) is 113 cm³/mol. The van der Waals surface area contributed by atoms with Crippen LogP contribution in [-0.2, 0) is 24.1 Å². The van der Waals surface area contributed by atoms with Crippen LogP contribution in [0.4, 0.5) is 19.0 Å². The van der Waals surface area contributed by atoms with Crippen molar-refractivity contribution >= 4 is 58.1 Å². The van der Waals surface area contributed by atoms with Gasteiger partial charge in [-0.3, -0.25) is 14.2 Å². The van der Waals surface area contributed by atoms with Gasteiger partial charge >= 0.3 is 6.18 Å². The van der Waals surface area contributed by atoms with Crippen molar-refractivity contribution < 1.29 is 18.0 Å². The zero-order chi connectivity index (χ0) is 22.9. The van der Waals surface area contributed by atoms with Crippen LogP contribution < -0.4 is 5.32 Å². The first-order valence-corrected chi connectivity index (χ1v) is 10.2. The molecule has 2 heterocycles. The lowest BCUT2D eigenvalue weighted by molar-refractivity contribution is -0.141. The van der Waals surface area contributed by atoms with Gasteiger partial charge in [-0.25, -0.2) is 0 Å². The van der Waals surface area contributed by atoms with E-state index in [1.165, 1.54) is 17.8 Å². The maximum atomic E-state index is 12.9. The van der Waals surface area contributed by atoms with Crippen LogP contribution in [0.3, 0.4) is 0 Å². The minimum Gasteiger partial charge on any atom is -0.308 e. The van der Waals surface area contributed by atoms with Crippen molar-refractivity contribution in [1.29, 1.82) is 0 Å². The van der Waals surface area contributed by atoms with E-state index >= 15 is 0 Å². The number of alkyl halides is 3. The number of carbonyl (C=O) groups excluding carboxylic acids is 1. The average Bonchev–Trinajstić information content (AvgIpc) is 3.15. The van der Waals surface area contributed by atoms with E-state index < -0.39 is 22.8 Å². The quantitative estimate of drug-likeness (QED) is 0.432. The molecule has 0 radical (unpaired) electrons. The third-order valence-electron chi connectivity index (χ3n) is 4.27. The second-order valence-electron chi connectivity index (χ2n) is 6.53. The Bertz CT molecular complexity index is 1130. The molecule has 166 valence electrons. The Balaban J connectivity index is 1.64. The molecule has 0 fully saturated rings. The highest BCUT2D eigenvalue weighted by atomic mass is 35.5. The number of benzene rings is 1. The first-order chi connectivity index (χ1) is 14.5. The number of amides is 1. The van der Waals surface area contributed by atoms with Gasteiger partial charge in [-0.2, -0.15) is 23.4 Å². The van der Waals surface area contributed by atoms with Crippen molar-refractivity contribution in [2.45, 2.75) is 32.6 Å². The van der Waals surface area contributed by atoms with Gasteiger partial charge in [-0.05, 0) is 24.6 Å². The highest BCUT2D eigenvalue weighted by Gasteiger charge is 2.38. The molecule has 1 aromatic carbocycles. The Morgan fingerprint density at radius 3 is 2.45 bits per heavy atom. The number of nitrogens with zero attached hydrogens (tertiary/aromatic N) is 4. The summed E-state index contributed by atoms with van der Waals surface area (Å²) in [6.07, 6.45) is -3.33. The zero-order valence-corrected chi connectivity index (χ0v) is 18.8. The first-order valence-electron chi connectivity index (χ1n) is 8.72. The summed E-state index contributed by atoms with van der Waals surface area (Å²) in [4.78, 5) is 12.2. The van der Waals surface area contributed by atoms with Crippen LogP contribution in [0.5, 0.6) is 0 Å². The van der Waals surface area contributed by atoms with Crippen molar-refractivity contribution in [2.75, 3.05) is 5.32 Å². The fraction of sp³-hybridized carbons (Fsp3) is 0.278. The van der Waals surface area contributed by atoms with E-state index in [0.717, 1.165) is 10.2 Å². The fourth-order valence-electron chi connectivity index (χ4n) is 2.71. The first kappa shape index (κ1) is 23.7. The van der Waals surface area contributed by atoms with E-state index in [2.05, 4.69) is 15.5 Å². The highest BCUT2D eigenvalue weighted by Crippen LogP contribution is 2.35. The maximum Gasteiger partial charge on any atom is 0.436 e. The largest absolute Gasteiger partial charge is 0.436 e. The minimum absolute atomic E-state index is 0.105. The van der Waals surface area contributed by atoms with Gasteiger partial charge in [0.15, 0.2) is 11.5 Å².